The van der Waals surface area contributed by atoms with Gasteiger partial charge in [-0.3, -0.25) is 0 Å². The standard InChI is InChI=1S/C22H54O3Si4/c1-16-19(26(7)23-20(17-2)27(8,9)10)21(4,5)24-29(14,15)22(6,18-3)25-28(11,12)13/h19-20,26H,16-18H2,1-15H3. The average molecular weight is 479 g/mol. The average Bonchev–Trinajstić information content (AvgIpc) is 2.48. The zero-order valence-corrected chi connectivity index (χ0v) is 26.7. The molecule has 176 valence electrons. The van der Waals surface area contributed by atoms with Crippen LogP contribution in [0.2, 0.25) is 64.5 Å². The minimum absolute atomic E-state index is 0.164. The van der Waals surface area contributed by atoms with Crippen molar-refractivity contribution in [2.45, 2.75) is 142 Å². The molecular formula is C22H54O3Si4. The topological polar surface area (TPSA) is 27.7 Å². The Balaban J connectivity index is 5.65. The van der Waals surface area contributed by atoms with Crippen molar-refractivity contribution in [1.82, 2.24) is 0 Å². The summed E-state index contributed by atoms with van der Waals surface area (Å²) in [7, 11) is -6.51. The first-order valence-corrected chi connectivity index (χ1v) is 24.0. The fraction of sp³-hybridized carbons (Fsp3) is 1.00. The SMILES string of the molecule is CCC([SiH](C)OC(CC)[Si](C)(C)C)C(C)(C)O[Si](C)(C)C(C)(CC)O[Si](C)(C)C. The normalized spacial score (nSPS) is 19.6. The van der Waals surface area contributed by atoms with Crippen molar-refractivity contribution in [3.63, 3.8) is 0 Å². The summed E-state index contributed by atoms with van der Waals surface area (Å²) in [5.74, 6) is 0. The van der Waals surface area contributed by atoms with Crippen molar-refractivity contribution in [1.29, 1.82) is 0 Å². The van der Waals surface area contributed by atoms with Crippen molar-refractivity contribution in [2.24, 2.45) is 0 Å². The quantitative estimate of drug-likeness (QED) is 0.259. The molecule has 0 rings (SSSR count). The first-order chi connectivity index (χ1) is 12.8. The molecule has 29 heavy (non-hydrogen) atoms. The molecule has 4 atom stereocenters. The summed E-state index contributed by atoms with van der Waals surface area (Å²) in [4.78, 5) is 0. The Morgan fingerprint density at radius 2 is 1.28 bits per heavy atom. The molecule has 0 bridgehead atoms. The van der Waals surface area contributed by atoms with Crippen LogP contribution < -0.4 is 0 Å². The van der Waals surface area contributed by atoms with Gasteiger partial charge >= 0.3 is 0 Å². The Kier molecular flexibility index (Phi) is 10.8. The second-order valence-corrected chi connectivity index (χ2v) is 28.7. The first kappa shape index (κ1) is 29.7. The van der Waals surface area contributed by atoms with Crippen LogP contribution in [0.4, 0.5) is 0 Å². The fourth-order valence-electron chi connectivity index (χ4n) is 4.79. The van der Waals surface area contributed by atoms with Gasteiger partial charge in [-0.2, -0.15) is 0 Å². The molecular weight excluding hydrogens is 425 g/mol. The van der Waals surface area contributed by atoms with Gasteiger partial charge < -0.3 is 13.3 Å². The lowest BCUT2D eigenvalue weighted by molar-refractivity contribution is 0.0399. The Labute approximate surface area is 188 Å². The van der Waals surface area contributed by atoms with Crippen LogP contribution in [0.1, 0.15) is 60.8 Å². The minimum Gasteiger partial charge on any atom is -0.420 e. The van der Waals surface area contributed by atoms with E-state index in [1.54, 1.807) is 0 Å². The molecule has 3 nitrogen and oxygen atoms in total. The van der Waals surface area contributed by atoms with E-state index >= 15 is 0 Å². The van der Waals surface area contributed by atoms with Crippen LogP contribution in [-0.2, 0) is 13.3 Å². The van der Waals surface area contributed by atoms with Crippen molar-refractivity contribution >= 4 is 33.7 Å². The first-order valence-electron chi connectivity index (χ1n) is 11.8. The molecule has 0 amide bonds. The summed E-state index contributed by atoms with van der Waals surface area (Å²) in [6.45, 7) is 35.0. The summed E-state index contributed by atoms with van der Waals surface area (Å²) in [5.41, 5.74) is 0.760. The van der Waals surface area contributed by atoms with Crippen molar-refractivity contribution in [2.75, 3.05) is 0 Å². The van der Waals surface area contributed by atoms with Gasteiger partial charge in [-0.15, -0.1) is 0 Å². The summed E-state index contributed by atoms with van der Waals surface area (Å²) in [6.07, 6.45) is 3.24. The van der Waals surface area contributed by atoms with Crippen LogP contribution in [0.3, 0.4) is 0 Å². The van der Waals surface area contributed by atoms with E-state index in [0.717, 1.165) is 19.3 Å². The smallest absolute Gasteiger partial charge is 0.217 e. The van der Waals surface area contributed by atoms with Crippen molar-refractivity contribution < 1.29 is 13.3 Å². The molecule has 0 aromatic heterocycles. The minimum atomic E-state index is -2.12. The van der Waals surface area contributed by atoms with Gasteiger partial charge in [-0.05, 0) is 72.9 Å². The molecule has 0 aliphatic rings. The van der Waals surface area contributed by atoms with E-state index in [9.17, 15) is 0 Å². The lowest BCUT2D eigenvalue weighted by Gasteiger charge is -2.51. The second-order valence-electron chi connectivity index (χ2n) is 12.1. The van der Waals surface area contributed by atoms with Gasteiger partial charge in [0.1, 0.15) is 0 Å². The van der Waals surface area contributed by atoms with Gasteiger partial charge in [0.15, 0.2) is 17.4 Å². The number of rotatable bonds is 13. The van der Waals surface area contributed by atoms with Crippen LogP contribution in [-0.4, -0.2) is 50.3 Å². The highest BCUT2D eigenvalue weighted by atomic mass is 28.4. The van der Waals surface area contributed by atoms with E-state index in [0.29, 0.717) is 11.3 Å². The van der Waals surface area contributed by atoms with Gasteiger partial charge in [0, 0.05) is 11.3 Å². The number of hydrogen-bond acceptors (Lipinski definition) is 3. The van der Waals surface area contributed by atoms with E-state index in [2.05, 4.69) is 100 Å². The zero-order chi connectivity index (χ0) is 23.5. The highest BCUT2D eigenvalue weighted by Crippen LogP contribution is 2.41. The highest BCUT2D eigenvalue weighted by Gasteiger charge is 2.51. The molecule has 0 aromatic carbocycles. The van der Waals surface area contributed by atoms with E-state index in [1.165, 1.54) is 0 Å². The van der Waals surface area contributed by atoms with Crippen LogP contribution in [0.5, 0.6) is 0 Å². The van der Waals surface area contributed by atoms with Crippen LogP contribution >= 0.6 is 0 Å². The molecule has 0 aliphatic heterocycles. The molecule has 0 N–H and O–H groups in total. The summed E-state index contributed by atoms with van der Waals surface area (Å²) in [5, 5.41) is -0.164. The lowest BCUT2D eigenvalue weighted by Crippen LogP contribution is -2.63. The molecule has 0 aromatic rings. The molecule has 0 fully saturated rings. The van der Waals surface area contributed by atoms with Gasteiger partial charge in [0.05, 0.1) is 18.9 Å². The monoisotopic (exact) mass is 478 g/mol. The third-order valence-electron chi connectivity index (χ3n) is 6.61. The third-order valence-corrected chi connectivity index (χ3v) is 17.8. The lowest BCUT2D eigenvalue weighted by atomic mass is 10.0. The predicted molar refractivity (Wildman–Crippen MR) is 141 cm³/mol. The summed E-state index contributed by atoms with van der Waals surface area (Å²) < 4.78 is 20.7. The van der Waals surface area contributed by atoms with Gasteiger partial charge in [-0.25, -0.2) is 0 Å². The van der Waals surface area contributed by atoms with Gasteiger partial charge in [0.25, 0.3) is 0 Å². The summed E-state index contributed by atoms with van der Waals surface area (Å²) in [6, 6.07) is 0. The molecule has 7 heteroatoms. The maximum atomic E-state index is 7.10. The Morgan fingerprint density at radius 3 is 1.59 bits per heavy atom. The maximum Gasteiger partial charge on any atom is 0.217 e. The van der Waals surface area contributed by atoms with Crippen LogP contribution in [0.15, 0.2) is 0 Å². The molecule has 0 aliphatic carbocycles. The predicted octanol–water partition coefficient (Wildman–Crippen LogP) is 7.35. The third kappa shape index (κ3) is 8.65. The van der Waals surface area contributed by atoms with Crippen molar-refractivity contribution in [3.8, 4) is 0 Å². The van der Waals surface area contributed by atoms with Crippen molar-refractivity contribution in [3.05, 3.63) is 0 Å². The molecule has 0 saturated heterocycles. The van der Waals surface area contributed by atoms with E-state index in [1.807, 2.05) is 0 Å². The van der Waals surface area contributed by atoms with Gasteiger partial charge in [-0.1, -0.05) is 46.8 Å². The van der Waals surface area contributed by atoms with Crippen LogP contribution in [0, 0.1) is 0 Å². The Bertz CT molecular complexity index is 497. The Hall–Kier alpha value is 0.748. The zero-order valence-electron chi connectivity index (χ0n) is 22.6. The molecule has 4 unspecified atom stereocenters. The second kappa shape index (κ2) is 10.6. The Morgan fingerprint density at radius 1 is 0.793 bits per heavy atom. The highest BCUT2D eigenvalue weighted by molar-refractivity contribution is 6.78. The number of hydrogen-bond donors (Lipinski definition) is 0. The van der Waals surface area contributed by atoms with E-state index < -0.39 is 33.7 Å². The summed E-state index contributed by atoms with van der Waals surface area (Å²) >= 11 is 0. The molecule has 0 heterocycles. The maximum absolute atomic E-state index is 7.10. The largest absolute Gasteiger partial charge is 0.420 e. The molecule has 0 radical (unpaired) electrons. The molecule has 0 spiro atoms. The van der Waals surface area contributed by atoms with E-state index in [-0.39, 0.29) is 10.8 Å². The van der Waals surface area contributed by atoms with Gasteiger partial charge in [0.2, 0.25) is 8.32 Å². The van der Waals surface area contributed by atoms with E-state index in [4.69, 9.17) is 13.3 Å². The van der Waals surface area contributed by atoms with Crippen LogP contribution in [0.25, 0.3) is 0 Å². The molecule has 0 saturated carbocycles. The fourth-order valence-corrected chi connectivity index (χ4v) is 17.1.